The largest absolute Gasteiger partial charge is 0.493 e. The summed E-state index contributed by atoms with van der Waals surface area (Å²) in [5, 5.41) is 11.6. The number of aliphatic hydroxyl groups is 1. The predicted octanol–water partition coefficient (Wildman–Crippen LogP) is 1.59. The number of rotatable bonds is 7. The molecule has 0 fully saturated rings. The minimum atomic E-state index is -0.148. The van der Waals surface area contributed by atoms with Gasteiger partial charge in [-0.1, -0.05) is 0 Å². The van der Waals surface area contributed by atoms with Crippen molar-refractivity contribution >= 4 is 5.91 Å². The maximum absolute atomic E-state index is 11.9. The van der Waals surface area contributed by atoms with Crippen LogP contribution in [0.25, 0.3) is 0 Å². The van der Waals surface area contributed by atoms with E-state index < -0.39 is 0 Å². The lowest BCUT2D eigenvalue weighted by Crippen LogP contribution is -2.30. The molecule has 0 aliphatic rings. The highest BCUT2D eigenvalue weighted by atomic mass is 16.5. The number of hydrogen-bond acceptors (Lipinski definition) is 4. The van der Waals surface area contributed by atoms with Crippen molar-refractivity contribution in [3.63, 3.8) is 0 Å². The van der Waals surface area contributed by atoms with Crippen LogP contribution in [-0.4, -0.2) is 37.4 Å². The van der Waals surface area contributed by atoms with Gasteiger partial charge in [-0.3, -0.25) is 4.79 Å². The fraction of sp³-hybridized carbons (Fsp3) is 0.500. The molecule has 0 aliphatic carbocycles. The minimum absolute atomic E-state index is 0.0653. The topological polar surface area (TPSA) is 67.8 Å². The smallest absolute Gasteiger partial charge is 0.251 e. The van der Waals surface area contributed by atoms with Crippen LogP contribution in [0.1, 0.15) is 30.6 Å². The molecule has 106 valence electrons. The highest BCUT2D eigenvalue weighted by Crippen LogP contribution is 2.28. The predicted molar refractivity (Wildman–Crippen MR) is 72.8 cm³/mol. The van der Waals surface area contributed by atoms with Crippen LogP contribution in [0.5, 0.6) is 11.5 Å². The molecule has 0 spiro atoms. The Morgan fingerprint density at radius 3 is 2.68 bits per heavy atom. The number of methoxy groups -OCH3 is 1. The zero-order chi connectivity index (χ0) is 14.3. The van der Waals surface area contributed by atoms with Crippen molar-refractivity contribution in [2.24, 2.45) is 0 Å². The zero-order valence-electron chi connectivity index (χ0n) is 11.6. The third-order valence-electron chi connectivity index (χ3n) is 2.41. The lowest BCUT2D eigenvalue weighted by atomic mass is 10.1. The van der Waals surface area contributed by atoms with Gasteiger partial charge in [0.05, 0.1) is 13.7 Å². The molecule has 5 nitrogen and oxygen atoms in total. The maximum atomic E-state index is 11.9. The van der Waals surface area contributed by atoms with E-state index in [0.717, 1.165) is 0 Å². The molecular weight excluding hydrogens is 246 g/mol. The molecule has 1 aromatic rings. The van der Waals surface area contributed by atoms with Gasteiger partial charge in [0.1, 0.15) is 0 Å². The number of ether oxygens (including phenoxy) is 2. The van der Waals surface area contributed by atoms with Gasteiger partial charge in [0, 0.05) is 24.6 Å². The van der Waals surface area contributed by atoms with Crippen LogP contribution in [0.15, 0.2) is 18.2 Å². The Labute approximate surface area is 113 Å². The number of aliphatic hydroxyl groups excluding tert-OH is 1. The van der Waals surface area contributed by atoms with Crippen LogP contribution in [0.4, 0.5) is 0 Å². The summed E-state index contributed by atoms with van der Waals surface area (Å²) in [6, 6.07) is 5.11. The second-order valence-electron chi connectivity index (χ2n) is 4.42. The Morgan fingerprint density at radius 1 is 1.37 bits per heavy atom. The molecule has 2 N–H and O–H groups in total. The molecule has 0 aromatic heterocycles. The Morgan fingerprint density at radius 2 is 2.11 bits per heavy atom. The summed E-state index contributed by atoms with van der Waals surface area (Å²) in [4.78, 5) is 11.9. The summed E-state index contributed by atoms with van der Waals surface area (Å²) in [6.07, 6.45) is 0.533. The maximum Gasteiger partial charge on any atom is 0.251 e. The van der Waals surface area contributed by atoms with Crippen LogP contribution in [-0.2, 0) is 0 Å². The van der Waals surface area contributed by atoms with Crippen molar-refractivity contribution in [1.82, 2.24) is 5.32 Å². The minimum Gasteiger partial charge on any atom is -0.493 e. The SMILES string of the molecule is COc1ccc(C(=O)NC(C)C)cc1OCCCO. The first-order valence-electron chi connectivity index (χ1n) is 6.31. The summed E-state index contributed by atoms with van der Waals surface area (Å²) >= 11 is 0. The molecule has 1 amide bonds. The Bertz CT molecular complexity index is 418. The highest BCUT2D eigenvalue weighted by molar-refractivity contribution is 5.95. The molecule has 1 aromatic carbocycles. The molecular formula is C14H21NO4. The summed E-state index contributed by atoms with van der Waals surface area (Å²) in [5.74, 6) is 0.927. The second kappa shape index (κ2) is 7.63. The summed E-state index contributed by atoms with van der Waals surface area (Å²) < 4.78 is 10.7. The Kier molecular flexibility index (Phi) is 6.15. The van der Waals surface area contributed by atoms with Crippen LogP contribution >= 0.6 is 0 Å². The van der Waals surface area contributed by atoms with Gasteiger partial charge in [-0.25, -0.2) is 0 Å². The number of hydrogen-bond donors (Lipinski definition) is 2. The molecule has 1 rings (SSSR count). The van der Waals surface area contributed by atoms with E-state index in [1.54, 1.807) is 25.3 Å². The van der Waals surface area contributed by atoms with Gasteiger partial charge in [-0.2, -0.15) is 0 Å². The first-order chi connectivity index (χ1) is 9.08. The summed E-state index contributed by atoms with van der Waals surface area (Å²) in [7, 11) is 1.54. The van der Waals surface area contributed by atoms with E-state index in [-0.39, 0.29) is 18.6 Å². The molecule has 0 atom stereocenters. The van der Waals surface area contributed by atoms with Gasteiger partial charge in [0.15, 0.2) is 11.5 Å². The van der Waals surface area contributed by atoms with Crippen molar-refractivity contribution in [2.45, 2.75) is 26.3 Å². The van der Waals surface area contributed by atoms with Gasteiger partial charge in [-0.05, 0) is 32.0 Å². The number of carbonyl (C=O) groups is 1. The van der Waals surface area contributed by atoms with Crippen LogP contribution in [0.3, 0.4) is 0 Å². The van der Waals surface area contributed by atoms with E-state index in [9.17, 15) is 4.79 Å². The fourth-order valence-corrected chi connectivity index (χ4v) is 1.52. The molecule has 0 unspecified atom stereocenters. The number of benzene rings is 1. The first-order valence-corrected chi connectivity index (χ1v) is 6.31. The average molecular weight is 267 g/mol. The third kappa shape index (κ3) is 4.79. The monoisotopic (exact) mass is 267 g/mol. The number of nitrogens with one attached hydrogen (secondary N) is 1. The van der Waals surface area contributed by atoms with Gasteiger partial charge in [-0.15, -0.1) is 0 Å². The first kappa shape index (κ1) is 15.3. The normalized spacial score (nSPS) is 10.4. The van der Waals surface area contributed by atoms with E-state index in [4.69, 9.17) is 14.6 Å². The van der Waals surface area contributed by atoms with Crippen molar-refractivity contribution in [3.05, 3.63) is 23.8 Å². The number of amides is 1. The van der Waals surface area contributed by atoms with E-state index in [0.29, 0.717) is 30.1 Å². The van der Waals surface area contributed by atoms with Crippen molar-refractivity contribution in [3.8, 4) is 11.5 Å². The Balaban J connectivity index is 2.84. The van der Waals surface area contributed by atoms with E-state index in [2.05, 4.69) is 5.32 Å². The van der Waals surface area contributed by atoms with E-state index in [1.165, 1.54) is 0 Å². The van der Waals surface area contributed by atoms with Crippen LogP contribution < -0.4 is 14.8 Å². The summed E-state index contributed by atoms with van der Waals surface area (Å²) in [6.45, 7) is 4.25. The molecule has 5 heteroatoms. The molecule has 0 saturated carbocycles. The van der Waals surface area contributed by atoms with Crippen LogP contribution in [0, 0.1) is 0 Å². The third-order valence-corrected chi connectivity index (χ3v) is 2.41. The van der Waals surface area contributed by atoms with Gasteiger partial charge in [0.2, 0.25) is 0 Å². The van der Waals surface area contributed by atoms with E-state index >= 15 is 0 Å². The van der Waals surface area contributed by atoms with Gasteiger partial charge < -0.3 is 19.9 Å². The Hall–Kier alpha value is -1.75. The molecule has 0 radical (unpaired) electrons. The highest BCUT2D eigenvalue weighted by Gasteiger charge is 2.11. The van der Waals surface area contributed by atoms with Crippen molar-refractivity contribution in [2.75, 3.05) is 20.3 Å². The lowest BCUT2D eigenvalue weighted by Gasteiger charge is -2.13. The van der Waals surface area contributed by atoms with Crippen molar-refractivity contribution in [1.29, 1.82) is 0 Å². The molecule has 0 heterocycles. The van der Waals surface area contributed by atoms with Gasteiger partial charge >= 0.3 is 0 Å². The zero-order valence-corrected chi connectivity index (χ0v) is 11.6. The van der Waals surface area contributed by atoms with Gasteiger partial charge in [0.25, 0.3) is 5.91 Å². The number of carbonyl (C=O) groups excluding carboxylic acids is 1. The van der Waals surface area contributed by atoms with Crippen LogP contribution in [0.2, 0.25) is 0 Å². The summed E-state index contributed by atoms with van der Waals surface area (Å²) in [5.41, 5.74) is 0.522. The average Bonchev–Trinajstić information content (AvgIpc) is 2.38. The van der Waals surface area contributed by atoms with E-state index in [1.807, 2.05) is 13.8 Å². The standard InChI is InChI=1S/C14H21NO4/c1-10(2)15-14(17)11-5-6-12(18-3)13(9-11)19-8-4-7-16/h5-6,9-10,16H,4,7-8H2,1-3H3,(H,15,17). The quantitative estimate of drug-likeness (QED) is 0.736. The lowest BCUT2D eigenvalue weighted by molar-refractivity contribution is 0.0942. The van der Waals surface area contributed by atoms with Crippen molar-refractivity contribution < 1.29 is 19.4 Å². The molecule has 0 aliphatic heterocycles. The second-order valence-corrected chi connectivity index (χ2v) is 4.42. The molecule has 0 saturated heterocycles. The molecule has 0 bridgehead atoms. The molecule has 19 heavy (non-hydrogen) atoms. The fourth-order valence-electron chi connectivity index (χ4n) is 1.52.